The molecule has 23 heavy (non-hydrogen) atoms. The smallest absolute Gasteiger partial charge is 0.260 e. The Hall–Kier alpha value is -2.04. The minimum absolute atomic E-state index is 0.120. The van der Waals surface area contributed by atoms with E-state index >= 15 is 0 Å². The molecule has 0 saturated heterocycles. The predicted octanol–water partition coefficient (Wildman–Crippen LogP) is 3.70. The Morgan fingerprint density at radius 1 is 1.04 bits per heavy atom. The van der Waals surface area contributed by atoms with Crippen LogP contribution in [0.3, 0.4) is 0 Å². The normalized spacial score (nSPS) is 10.7. The molecule has 4 nitrogen and oxygen atoms in total. The number of halogens is 2. The number of nitrogens with zero attached hydrogens (tertiary/aromatic N) is 1. The highest BCUT2D eigenvalue weighted by atomic mass is 35.5. The van der Waals surface area contributed by atoms with Crippen LogP contribution in [0.15, 0.2) is 53.7 Å². The summed E-state index contributed by atoms with van der Waals surface area (Å²) in [7, 11) is 0. The molecular formula is C17H16Cl2N2O2. The van der Waals surface area contributed by atoms with Gasteiger partial charge in [-0.15, -0.1) is 0 Å². The van der Waals surface area contributed by atoms with E-state index in [1.807, 2.05) is 24.3 Å². The van der Waals surface area contributed by atoms with Crippen molar-refractivity contribution in [3.8, 4) is 0 Å². The second kappa shape index (κ2) is 9.18. The molecule has 0 unspecified atom stereocenters. The standard InChI is InChI=1S/C17H16Cl2N2O2/c18-15-5-1-13(2-6-15)9-10-20-17(22)12-23-21-11-14-3-7-16(19)8-4-14/h1-8,11H,9-10,12H2,(H,20,22). The molecule has 1 N–H and O–H groups in total. The highest BCUT2D eigenvalue weighted by Crippen LogP contribution is 2.09. The Kier molecular flexibility index (Phi) is 6.91. The summed E-state index contributed by atoms with van der Waals surface area (Å²) in [5, 5.41) is 7.86. The number of hydrogen-bond acceptors (Lipinski definition) is 3. The van der Waals surface area contributed by atoms with E-state index in [2.05, 4.69) is 10.5 Å². The summed E-state index contributed by atoms with van der Waals surface area (Å²) in [5.74, 6) is -0.216. The number of carbonyl (C=O) groups excluding carboxylic acids is 1. The number of oxime groups is 1. The zero-order valence-electron chi connectivity index (χ0n) is 12.3. The fraction of sp³-hybridized carbons (Fsp3) is 0.176. The number of carbonyl (C=O) groups is 1. The maximum absolute atomic E-state index is 11.6. The van der Waals surface area contributed by atoms with Gasteiger partial charge < -0.3 is 10.2 Å². The molecule has 0 aliphatic rings. The van der Waals surface area contributed by atoms with Crippen LogP contribution >= 0.6 is 23.2 Å². The van der Waals surface area contributed by atoms with E-state index < -0.39 is 0 Å². The van der Waals surface area contributed by atoms with Gasteiger partial charge in [-0.3, -0.25) is 4.79 Å². The van der Waals surface area contributed by atoms with Gasteiger partial charge in [0, 0.05) is 16.6 Å². The average Bonchev–Trinajstić information content (AvgIpc) is 2.55. The molecule has 0 aromatic heterocycles. The summed E-state index contributed by atoms with van der Waals surface area (Å²) in [5.41, 5.74) is 1.95. The molecule has 2 rings (SSSR count). The molecule has 0 bridgehead atoms. The Balaban J connectivity index is 1.63. The van der Waals surface area contributed by atoms with Crippen molar-refractivity contribution in [1.29, 1.82) is 0 Å². The van der Waals surface area contributed by atoms with Crippen molar-refractivity contribution in [2.45, 2.75) is 6.42 Å². The fourth-order valence-electron chi connectivity index (χ4n) is 1.79. The lowest BCUT2D eigenvalue weighted by Crippen LogP contribution is -2.28. The largest absolute Gasteiger partial charge is 0.386 e. The monoisotopic (exact) mass is 350 g/mol. The van der Waals surface area contributed by atoms with E-state index in [1.165, 1.54) is 6.21 Å². The zero-order valence-corrected chi connectivity index (χ0v) is 13.8. The third-order valence-electron chi connectivity index (χ3n) is 2.99. The molecule has 1 amide bonds. The third-order valence-corrected chi connectivity index (χ3v) is 3.50. The first kappa shape index (κ1) is 17.3. The first-order valence-electron chi connectivity index (χ1n) is 7.05. The van der Waals surface area contributed by atoms with Crippen LogP contribution in [0.4, 0.5) is 0 Å². The van der Waals surface area contributed by atoms with E-state index in [4.69, 9.17) is 28.0 Å². The number of hydrogen-bond donors (Lipinski definition) is 1. The summed E-state index contributed by atoms with van der Waals surface area (Å²) in [6.45, 7) is 0.412. The van der Waals surface area contributed by atoms with Crippen molar-refractivity contribution in [3.05, 3.63) is 69.7 Å². The van der Waals surface area contributed by atoms with Crippen molar-refractivity contribution in [2.75, 3.05) is 13.2 Å². The summed E-state index contributed by atoms with van der Waals surface area (Å²) < 4.78 is 0. The Bertz CT molecular complexity index is 655. The molecule has 0 aliphatic carbocycles. The highest BCUT2D eigenvalue weighted by Gasteiger charge is 2.01. The minimum Gasteiger partial charge on any atom is -0.386 e. The molecule has 6 heteroatoms. The predicted molar refractivity (Wildman–Crippen MR) is 93.2 cm³/mol. The molecule has 0 spiro atoms. The van der Waals surface area contributed by atoms with E-state index in [0.29, 0.717) is 16.6 Å². The van der Waals surface area contributed by atoms with Crippen molar-refractivity contribution in [3.63, 3.8) is 0 Å². The molecule has 0 aliphatic heterocycles. The first-order chi connectivity index (χ1) is 11.1. The molecular weight excluding hydrogens is 335 g/mol. The van der Waals surface area contributed by atoms with E-state index in [0.717, 1.165) is 17.5 Å². The molecule has 2 aromatic rings. The summed E-state index contributed by atoms with van der Waals surface area (Å²) in [4.78, 5) is 16.5. The van der Waals surface area contributed by atoms with E-state index in [-0.39, 0.29) is 12.5 Å². The second-order valence-corrected chi connectivity index (χ2v) is 5.66. The van der Waals surface area contributed by atoms with Crippen LogP contribution in [0, 0.1) is 0 Å². The Morgan fingerprint density at radius 2 is 1.65 bits per heavy atom. The third kappa shape index (κ3) is 6.72. The van der Waals surface area contributed by atoms with Gasteiger partial charge >= 0.3 is 0 Å². The average molecular weight is 351 g/mol. The van der Waals surface area contributed by atoms with Gasteiger partial charge in [-0.25, -0.2) is 0 Å². The van der Waals surface area contributed by atoms with Gasteiger partial charge in [0.2, 0.25) is 0 Å². The quantitative estimate of drug-likeness (QED) is 0.611. The maximum atomic E-state index is 11.6. The molecule has 0 radical (unpaired) electrons. The van der Waals surface area contributed by atoms with Crippen molar-refractivity contribution in [1.82, 2.24) is 5.32 Å². The van der Waals surface area contributed by atoms with Gasteiger partial charge in [0.05, 0.1) is 6.21 Å². The fourth-order valence-corrected chi connectivity index (χ4v) is 2.04. The van der Waals surface area contributed by atoms with Crippen LogP contribution in [0.2, 0.25) is 10.0 Å². The highest BCUT2D eigenvalue weighted by molar-refractivity contribution is 6.30. The molecule has 0 heterocycles. The molecule has 0 fully saturated rings. The van der Waals surface area contributed by atoms with Gasteiger partial charge in [-0.1, -0.05) is 52.6 Å². The molecule has 0 atom stereocenters. The SMILES string of the molecule is O=C(CON=Cc1ccc(Cl)cc1)NCCc1ccc(Cl)cc1. The second-order valence-electron chi connectivity index (χ2n) is 4.79. The number of benzene rings is 2. The topological polar surface area (TPSA) is 50.7 Å². The minimum atomic E-state index is -0.216. The van der Waals surface area contributed by atoms with Crippen molar-refractivity contribution in [2.24, 2.45) is 5.16 Å². The van der Waals surface area contributed by atoms with Crippen LogP contribution in [0.5, 0.6) is 0 Å². The Labute approximate surface area is 145 Å². The summed E-state index contributed by atoms with van der Waals surface area (Å²) in [6, 6.07) is 14.6. The van der Waals surface area contributed by atoms with E-state index in [1.54, 1.807) is 24.3 Å². The first-order valence-corrected chi connectivity index (χ1v) is 7.81. The zero-order chi connectivity index (χ0) is 16.5. The van der Waals surface area contributed by atoms with Crippen LogP contribution in [0.25, 0.3) is 0 Å². The van der Waals surface area contributed by atoms with Gasteiger partial charge in [0.25, 0.3) is 5.91 Å². The van der Waals surface area contributed by atoms with Gasteiger partial charge in [0.15, 0.2) is 6.61 Å². The Morgan fingerprint density at radius 3 is 2.30 bits per heavy atom. The lowest BCUT2D eigenvalue weighted by atomic mass is 10.1. The molecule has 0 saturated carbocycles. The van der Waals surface area contributed by atoms with Crippen molar-refractivity contribution >= 4 is 35.3 Å². The van der Waals surface area contributed by atoms with Crippen LogP contribution in [0.1, 0.15) is 11.1 Å². The lowest BCUT2D eigenvalue weighted by Gasteiger charge is -2.04. The van der Waals surface area contributed by atoms with Crippen LogP contribution in [-0.2, 0) is 16.1 Å². The number of amides is 1. The molecule has 120 valence electrons. The molecule has 2 aromatic carbocycles. The number of nitrogens with one attached hydrogen (secondary N) is 1. The lowest BCUT2D eigenvalue weighted by molar-refractivity contribution is -0.125. The summed E-state index contributed by atoms with van der Waals surface area (Å²) >= 11 is 11.6. The van der Waals surface area contributed by atoms with Crippen LogP contribution < -0.4 is 5.32 Å². The van der Waals surface area contributed by atoms with Gasteiger partial charge in [-0.2, -0.15) is 0 Å². The van der Waals surface area contributed by atoms with Crippen molar-refractivity contribution < 1.29 is 9.63 Å². The van der Waals surface area contributed by atoms with Gasteiger partial charge in [-0.05, 0) is 41.8 Å². The van der Waals surface area contributed by atoms with E-state index in [9.17, 15) is 4.79 Å². The summed E-state index contributed by atoms with van der Waals surface area (Å²) in [6.07, 6.45) is 2.26. The number of rotatable bonds is 7. The van der Waals surface area contributed by atoms with Crippen LogP contribution in [-0.4, -0.2) is 25.3 Å². The maximum Gasteiger partial charge on any atom is 0.260 e. The van der Waals surface area contributed by atoms with Gasteiger partial charge in [0.1, 0.15) is 0 Å².